The molecule has 0 aromatic heterocycles. The zero-order valence-corrected chi connectivity index (χ0v) is 15.3. The van der Waals surface area contributed by atoms with Crippen molar-refractivity contribution in [1.82, 2.24) is 10.6 Å². The highest BCUT2D eigenvalue weighted by Gasteiger charge is 2.17. The van der Waals surface area contributed by atoms with Gasteiger partial charge in [-0.1, -0.05) is 44.2 Å². The molecule has 1 unspecified atom stereocenters. The van der Waals surface area contributed by atoms with Gasteiger partial charge in [0.05, 0.1) is 25.8 Å². The van der Waals surface area contributed by atoms with Crippen molar-refractivity contribution in [3.8, 4) is 0 Å². The minimum Gasteiger partial charge on any atom is -0.375 e. The maximum Gasteiger partial charge on any atom is 0.239 e. The number of rotatable bonds is 9. The van der Waals surface area contributed by atoms with Crippen LogP contribution < -0.4 is 16.4 Å². The summed E-state index contributed by atoms with van der Waals surface area (Å²) in [5, 5.41) is 5.30. The van der Waals surface area contributed by atoms with Crippen molar-refractivity contribution in [2.75, 3.05) is 13.2 Å². The van der Waals surface area contributed by atoms with Crippen LogP contribution in [0.25, 0.3) is 0 Å². The van der Waals surface area contributed by atoms with Crippen LogP contribution in [0.15, 0.2) is 30.3 Å². The van der Waals surface area contributed by atoms with Gasteiger partial charge in [0, 0.05) is 6.04 Å². The first-order chi connectivity index (χ1) is 10.9. The molecule has 0 aliphatic heterocycles. The van der Waals surface area contributed by atoms with Crippen LogP contribution >= 0.6 is 12.4 Å². The third-order valence-electron chi connectivity index (χ3n) is 3.33. The van der Waals surface area contributed by atoms with Crippen LogP contribution in [0.3, 0.4) is 0 Å². The van der Waals surface area contributed by atoms with E-state index in [4.69, 9.17) is 10.5 Å². The fraction of sp³-hybridized carbons (Fsp3) is 0.529. The van der Waals surface area contributed by atoms with Crippen LogP contribution in [-0.4, -0.2) is 37.0 Å². The molecular formula is C17H28ClN3O3. The lowest BCUT2D eigenvalue weighted by Crippen LogP contribution is -2.48. The molecule has 0 aliphatic carbocycles. The van der Waals surface area contributed by atoms with Gasteiger partial charge in [-0.2, -0.15) is 0 Å². The smallest absolute Gasteiger partial charge is 0.239 e. The lowest BCUT2D eigenvalue weighted by molar-refractivity contribution is -0.127. The summed E-state index contributed by atoms with van der Waals surface area (Å²) in [7, 11) is 0. The largest absolute Gasteiger partial charge is 0.375 e. The second kappa shape index (κ2) is 11.8. The molecular weight excluding hydrogens is 330 g/mol. The van der Waals surface area contributed by atoms with Gasteiger partial charge in [-0.3, -0.25) is 9.59 Å². The summed E-state index contributed by atoms with van der Waals surface area (Å²) in [4.78, 5) is 23.4. The average molecular weight is 358 g/mol. The van der Waals surface area contributed by atoms with E-state index in [1.807, 2.05) is 51.1 Å². The van der Waals surface area contributed by atoms with Gasteiger partial charge in [0.2, 0.25) is 11.8 Å². The van der Waals surface area contributed by atoms with E-state index in [1.165, 1.54) is 0 Å². The van der Waals surface area contributed by atoms with E-state index < -0.39 is 6.04 Å². The summed E-state index contributed by atoms with van der Waals surface area (Å²) in [6.45, 7) is 6.39. The standard InChI is InChI=1S/C17H27N3O3.ClH/c1-12(2)16(18)17(22)19-9-15(21)20-13(3)10-23-11-14-7-5-4-6-8-14;/h4-8,12-13,16H,9-11,18H2,1-3H3,(H,19,22)(H,20,21);1H/t13?,16-;/m0./s1. The maximum absolute atomic E-state index is 11.8. The molecule has 4 N–H and O–H groups in total. The Balaban J connectivity index is 0.00000529. The third kappa shape index (κ3) is 8.86. The minimum absolute atomic E-state index is 0. The Hall–Kier alpha value is -1.63. The number of carbonyl (C=O) groups is 2. The lowest BCUT2D eigenvalue weighted by atomic mass is 10.1. The van der Waals surface area contributed by atoms with Crippen LogP contribution in [-0.2, 0) is 20.9 Å². The summed E-state index contributed by atoms with van der Waals surface area (Å²) >= 11 is 0. The average Bonchev–Trinajstić information content (AvgIpc) is 2.52. The molecule has 1 aromatic carbocycles. The van der Waals surface area contributed by atoms with Crippen molar-refractivity contribution in [2.45, 2.75) is 39.5 Å². The van der Waals surface area contributed by atoms with E-state index in [2.05, 4.69) is 10.6 Å². The van der Waals surface area contributed by atoms with E-state index in [-0.39, 0.29) is 42.7 Å². The SMILES string of the molecule is CC(COCc1ccccc1)NC(=O)CNC(=O)[C@@H](N)C(C)C.Cl. The first-order valence-electron chi connectivity index (χ1n) is 7.84. The maximum atomic E-state index is 11.8. The van der Waals surface area contributed by atoms with Crippen molar-refractivity contribution in [1.29, 1.82) is 0 Å². The number of carbonyl (C=O) groups excluding carboxylic acids is 2. The van der Waals surface area contributed by atoms with E-state index in [0.717, 1.165) is 5.56 Å². The summed E-state index contributed by atoms with van der Waals surface area (Å²) in [5.74, 6) is -0.545. The molecule has 0 radical (unpaired) electrons. The predicted octanol–water partition coefficient (Wildman–Crippen LogP) is 1.23. The fourth-order valence-corrected chi connectivity index (χ4v) is 1.88. The second-order valence-electron chi connectivity index (χ2n) is 5.96. The molecule has 0 fully saturated rings. The summed E-state index contributed by atoms with van der Waals surface area (Å²) in [6, 6.07) is 9.08. The quantitative estimate of drug-likeness (QED) is 0.619. The van der Waals surface area contributed by atoms with Gasteiger partial charge >= 0.3 is 0 Å². The normalized spacial score (nSPS) is 12.9. The topological polar surface area (TPSA) is 93.5 Å². The van der Waals surface area contributed by atoms with Gasteiger partial charge in [-0.05, 0) is 18.4 Å². The van der Waals surface area contributed by atoms with Crippen LogP contribution in [0.2, 0.25) is 0 Å². The highest BCUT2D eigenvalue weighted by Crippen LogP contribution is 2.01. The number of nitrogens with one attached hydrogen (secondary N) is 2. The summed E-state index contributed by atoms with van der Waals surface area (Å²) in [5.41, 5.74) is 6.79. The molecule has 0 aliphatic rings. The molecule has 136 valence electrons. The Labute approximate surface area is 149 Å². The number of halogens is 1. The minimum atomic E-state index is -0.602. The number of benzene rings is 1. The van der Waals surface area contributed by atoms with Gasteiger partial charge < -0.3 is 21.1 Å². The van der Waals surface area contributed by atoms with Crippen molar-refractivity contribution < 1.29 is 14.3 Å². The van der Waals surface area contributed by atoms with Gasteiger partial charge in [-0.15, -0.1) is 12.4 Å². The summed E-state index contributed by atoms with van der Waals surface area (Å²) in [6.07, 6.45) is 0. The number of ether oxygens (including phenoxy) is 1. The first-order valence-corrected chi connectivity index (χ1v) is 7.84. The molecule has 0 saturated carbocycles. The molecule has 0 heterocycles. The summed E-state index contributed by atoms with van der Waals surface area (Å²) < 4.78 is 5.56. The molecule has 6 nitrogen and oxygen atoms in total. The van der Waals surface area contributed by atoms with Crippen molar-refractivity contribution in [3.63, 3.8) is 0 Å². The molecule has 0 bridgehead atoms. The van der Waals surface area contributed by atoms with Gasteiger partial charge in [0.25, 0.3) is 0 Å². The second-order valence-corrected chi connectivity index (χ2v) is 5.96. The number of amides is 2. The third-order valence-corrected chi connectivity index (χ3v) is 3.33. The van der Waals surface area contributed by atoms with Crippen molar-refractivity contribution in [3.05, 3.63) is 35.9 Å². The highest BCUT2D eigenvalue weighted by atomic mass is 35.5. The number of hydrogen-bond donors (Lipinski definition) is 3. The van der Waals surface area contributed by atoms with Gasteiger partial charge in [0.1, 0.15) is 0 Å². The molecule has 7 heteroatoms. The Morgan fingerprint density at radius 3 is 2.38 bits per heavy atom. The van der Waals surface area contributed by atoms with Gasteiger partial charge in [0.15, 0.2) is 0 Å². The molecule has 1 aromatic rings. The predicted molar refractivity (Wildman–Crippen MR) is 96.8 cm³/mol. The number of nitrogens with two attached hydrogens (primary N) is 1. The Bertz CT molecular complexity index is 497. The van der Waals surface area contributed by atoms with E-state index >= 15 is 0 Å². The molecule has 2 amide bonds. The zero-order chi connectivity index (χ0) is 17.2. The van der Waals surface area contributed by atoms with E-state index in [0.29, 0.717) is 13.2 Å². The Morgan fingerprint density at radius 2 is 1.79 bits per heavy atom. The first kappa shape index (κ1) is 22.4. The lowest BCUT2D eigenvalue weighted by Gasteiger charge is -2.17. The molecule has 2 atom stereocenters. The van der Waals surface area contributed by atoms with E-state index in [9.17, 15) is 9.59 Å². The highest BCUT2D eigenvalue weighted by molar-refractivity contribution is 5.87. The zero-order valence-electron chi connectivity index (χ0n) is 14.5. The molecule has 0 spiro atoms. The van der Waals surface area contributed by atoms with Crippen LogP contribution in [0.1, 0.15) is 26.3 Å². The van der Waals surface area contributed by atoms with E-state index in [1.54, 1.807) is 0 Å². The fourth-order valence-electron chi connectivity index (χ4n) is 1.88. The van der Waals surface area contributed by atoms with Crippen molar-refractivity contribution in [2.24, 2.45) is 11.7 Å². The molecule has 24 heavy (non-hydrogen) atoms. The van der Waals surface area contributed by atoms with Crippen LogP contribution in [0.4, 0.5) is 0 Å². The Kier molecular flexibility index (Phi) is 11.0. The van der Waals surface area contributed by atoms with Crippen LogP contribution in [0.5, 0.6) is 0 Å². The van der Waals surface area contributed by atoms with Crippen molar-refractivity contribution >= 4 is 24.2 Å². The molecule has 1 rings (SSSR count). The monoisotopic (exact) mass is 357 g/mol. The van der Waals surface area contributed by atoms with Crippen LogP contribution in [0, 0.1) is 5.92 Å². The number of hydrogen-bond acceptors (Lipinski definition) is 4. The van der Waals surface area contributed by atoms with Gasteiger partial charge in [-0.25, -0.2) is 0 Å². The molecule has 0 saturated heterocycles. The Morgan fingerprint density at radius 1 is 1.17 bits per heavy atom.